The van der Waals surface area contributed by atoms with Crippen LogP contribution in [0.5, 0.6) is 0 Å². The van der Waals surface area contributed by atoms with Crippen LogP contribution in [-0.2, 0) is 0 Å². The summed E-state index contributed by atoms with van der Waals surface area (Å²) >= 11 is 1.47. The molecule has 28 heavy (non-hydrogen) atoms. The SMILES string of the molecule is Cc1ccc(-c2ccc(C(=O)Nc3cc(C(=O)CC4CC4)ccc3C)s2)cc1. The first-order chi connectivity index (χ1) is 13.5. The molecule has 142 valence electrons. The van der Waals surface area contributed by atoms with E-state index in [2.05, 4.69) is 36.5 Å². The van der Waals surface area contributed by atoms with Gasteiger partial charge < -0.3 is 5.32 Å². The Labute approximate surface area is 169 Å². The van der Waals surface area contributed by atoms with Gasteiger partial charge in [0.1, 0.15) is 0 Å². The molecular formula is C24H23NO2S. The van der Waals surface area contributed by atoms with Crippen molar-refractivity contribution < 1.29 is 9.59 Å². The van der Waals surface area contributed by atoms with Crippen molar-refractivity contribution in [2.45, 2.75) is 33.1 Å². The van der Waals surface area contributed by atoms with E-state index in [9.17, 15) is 9.59 Å². The number of amides is 1. The van der Waals surface area contributed by atoms with Crippen LogP contribution in [0.3, 0.4) is 0 Å². The summed E-state index contributed by atoms with van der Waals surface area (Å²) in [4.78, 5) is 26.9. The fraction of sp³-hybridized carbons (Fsp3) is 0.250. The van der Waals surface area contributed by atoms with Gasteiger partial charge >= 0.3 is 0 Å². The van der Waals surface area contributed by atoms with Gasteiger partial charge in [0.05, 0.1) is 4.88 Å². The summed E-state index contributed by atoms with van der Waals surface area (Å²) in [6.07, 6.45) is 2.92. The van der Waals surface area contributed by atoms with Gasteiger partial charge in [-0.25, -0.2) is 0 Å². The minimum absolute atomic E-state index is 0.141. The van der Waals surface area contributed by atoms with E-state index in [0.29, 0.717) is 28.5 Å². The van der Waals surface area contributed by atoms with Crippen molar-refractivity contribution in [1.29, 1.82) is 0 Å². The number of anilines is 1. The summed E-state index contributed by atoms with van der Waals surface area (Å²) in [5, 5.41) is 2.98. The van der Waals surface area contributed by atoms with E-state index in [1.807, 2.05) is 37.3 Å². The maximum Gasteiger partial charge on any atom is 0.265 e. The van der Waals surface area contributed by atoms with Gasteiger partial charge in [0.25, 0.3) is 5.91 Å². The van der Waals surface area contributed by atoms with Gasteiger partial charge in [-0.3, -0.25) is 9.59 Å². The minimum Gasteiger partial charge on any atom is -0.321 e. The molecule has 0 atom stereocenters. The van der Waals surface area contributed by atoms with Crippen LogP contribution in [0.4, 0.5) is 5.69 Å². The molecule has 3 nitrogen and oxygen atoms in total. The number of thiophene rings is 1. The summed E-state index contributed by atoms with van der Waals surface area (Å²) in [6, 6.07) is 17.7. The van der Waals surface area contributed by atoms with E-state index in [0.717, 1.165) is 28.8 Å². The third-order valence-corrected chi connectivity index (χ3v) is 6.28. The molecule has 1 aromatic heterocycles. The third-order valence-electron chi connectivity index (χ3n) is 5.14. The van der Waals surface area contributed by atoms with Crippen molar-refractivity contribution in [3.63, 3.8) is 0 Å². The van der Waals surface area contributed by atoms with Crippen LogP contribution in [0.15, 0.2) is 54.6 Å². The van der Waals surface area contributed by atoms with E-state index < -0.39 is 0 Å². The normalized spacial score (nSPS) is 13.4. The number of carbonyl (C=O) groups is 2. The molecule has 0 bridgehead atoms. The summed E-state index contributed by atoms with van der Waals surface area (Å²) in [6.45, 7) is 4.00. The Hall–Kier alpha value is -2.72. The van der Waals surface area contributed by atoms with Crippen molar-refractivity contribution in [1.82, 2.24) is 0 Å². The highest BCUT2D eigenvalue weighted by Gasteiger charge is 2.25. The number of hydrogen-bond donors (Lipinski definition) is 1. The largest absolute Gasteiger partial charge is 0.321 e. The lowest BCUT2D eigenvalue weighted by Gasteiger charge is -2.10. The van der Waals surface area contributed by atoms with Crippen LogP contribution < -0.4 is 5.32 Å². The Kier molecular flexibility index (Phi) is 5.14. The molecule has 0 saturated heterocycles. The average molecular weight is 390 g/mol. The lowest BCUT2D eigenvalue weighted by molar-refractivity contribution is 0.0974. The second-order valence-electron chi connectivity index (χ2n) is 7.58. The highest BCUT2D eigenvalue weighted by Crippen LogP contribution is 2.34. The van der Waals surface area contributed by atoms with Gasteiger partial charge in [-0.15, -0.1) is 11.3 Å². The number of aryl methyl sites for hydroxylation is 2. The van der Waals surface area contributed by atoms with Crippen LogP contribution in [0.2, 0.25) is 0 Å². The van der Waals surface area contributed by atoms with E-state index in [-0.39, 0.29) is 11.7 Å². The van der Waals surface area contributed by atoms with E-state index in [1.54, 1.807) is 0 Å². The average Bonchev–Trinajstić information content (AvgIpc) is 3.35. The first-order valence-corrected chi connectivity index (χ1v) is 10.4. The number of Topliss-reactive ketones (excluding diaryl/α,β-unsaturated/α-hetero) is 1. The zero-order chi connectivity index (χ0) is 19.7. The first-order valence-electron chi connectivity index (χ1n) is 9.61. The second-order valence-corrected chi connectivity index (χ2v) is 8.67. The first kappa shape index (κ1) is 18.6. The fourth-order valence-electron chi connectivity index (χ4n) is 3.15. The summed E-state index contributed by atoms with van der Waals surface area (Å²) in [5.74, 6) is 0.576. The Balaban J connectivity index is 1.50. The van der Waals surface area contributed by atoms with Crippen LogP contribution in [0.25, 0.3) is 10.4 Å². The standard InChI is InChI=1S/C24H23NO2S/c1-15-3-8-18(9-4-15)22-11-12-23(28-22)24(27)25-20-14-19(10-5-16(20)2)21(26)13-17-6-7-17/h3-5,8-12,14,17H,6-7,13H2,1-2H3,(H,25,27). The highest BCUT2D eigenvalue weighted by atomic mass is 32.1. The molecule has 0 radical (unpaired) electrons. The third kappa shape index (κ3) is 4.23. The van der Waals surface area contributed by atoms with Crippen LogP contribution in [0, 0.1) is 19.8 Å². The molecule has 0 aliphatic heterocycles. The topological polar surface area (TPSA) is 46.2 Å². The number of hydrogen-bond acceptors (Lipinski definition) is 3. The lowest BCUT2D eigenvalue weighted by atomic mass is 10.0. The van der Waals surface area contributed by atoms with Crippen LogP contribution in [0.1, 0.15) is 50.4 Å². The summed E-state index contributed by atoms with van der Waals surface area (Å²) in [7, 11) is 0. The van der Waals surface area contributed by atoms with Gasteiger partial charge in [-0.1, -0.05) is 42.0 Å². The molecule has 0 unspecified atom stereocenters. The van der Waals surface area contributed by atoms with E-state index in [1.165, 1.54) is 16.9 Å². The number of benzene rings is 2. The maximum atomic E-state index is 12.7. The second kappa shape index (κ2) is 7.72. The summed E-state index contributed by atoms with van der Waals surface area (Å²) in [5.41, 5.74) is 4.66. The molecule has 1 amide bonds. The van der Waals surface area contributed by atoms with Gasteiger partial charge in [0.2, 0.25) is 0 Å². The predicted octanol–water partition coefficient (Wildman–Crippen LogP) is 6.27. The molecule has 2 aromatic carbocycles. The van der Waals surface area contributed by atoms with Crippen molar-refractivity contribution >= 4 is 28.7 Å². The monoisotopic (exact) mass is 389 g/mol. The number of rotatable bonds is 6. The maximum absolute atomic E-state index is 12.7. The van der Waals surface area contributed by atoms with Crippen molar-refractivity contribution in [3.05, 3.63) is 76.2 Å². The highest BCUT2D eigenvalue weighted by molar-refractivity contribution is 7.17. The fourth-order valence-corrected chi connectivity index (χ4v) is 4.06. The zero-order valence-electron chi connectivity index (χ0n) is 16.1. The predicted molar refractivity (Wildman–Crippen MR) is 115 cm³/mol. The number of ketones is 1. The number of carbonyl (C=O) groups excluding carboxylic acids is 2. The van der Waals surface area contributed by atoms with Gasteiger partial charge in [0, 0.05) is 22.5 Å². The van der Waals surface area contributed by atoms with Gasteiger partial charge in [-0.2, -0.15) is 0 Å². The Morgan fingerprint density at radius 3 is 2.46 bits per heavy atom. The molecule has 1 fully saturated rings. The molecule has 1 heterocycles. The molecule has 1 N–H and O–H groups in total. The van der Waals surface area contributed by atoms with Crippen LogP contribution in [-0.4, -0.2) is 11.7 Å². The van der Waals surface area contributed by atoms with Gasteiger partial charge in [0.15, 0.2) is 5.78 Å². The summed E-state index contributed by atoms with van der Waals surface area (Å²) < 4.78 is 0. The number of nitrogens with one attached hydrogen (secondary N) is 1. The Morgan fingerprint density at radius 2 is 1.75 bits per heavy atom. The van der Waals surface area contributed by atoms with Crippen molar-refractivity contribution in [3.8, 4) is 10.4 Å². The molecule has 1 aliphatic rings. The zero-order valence-corrected chi connectivity index (χ0v) is 16.9. The molecule has 3 aromatic rings. The lowest BCUT2D eigenvalue weighted by Crippen LogP contribution is -2.12. The molecule has 4 rings (SSSR count). The molecule has 1 saturated carbocycles. The van der Waals surface area contributed by atoms with E-state index in [4.69, 9.17) is 0 Å². The smallest absolute Gasteiger partial charge is 0.265 e. The van der Waals surface area contributed by atoms with Crippen molar-refractivity contribution in [2.75, 3.05) is 5.32 Å². The van der Waals surface area contributed by atoms with Crippen LogP contribution >= 0.6 is 11.3 Å². The molecule has 4 heteroatoms. The quantitative estimate of drug-likeness (QED) is 0.505. The molecule has 1 aliphatic carbocycles. The van der Waals surface area contributed by atoms with E-state index >= 15 is 0 Å². The van der Waals surface area contributed by atoms with Gasteiger partial charge in [-0.05, 0) is 61.9 Å². The molecular weight excluding hydrogens is 366 g/mol. The Bertz CT molecular complexity index is 1030. The Morgan fingerprint density at radius 1 is 1.00 bits per heavy atom. The minimum atomic E-state index is -0.141. The van der Waals surface area contributed by atoms with Crippen molar-refractivity contribution in [2.24, 2.45) is 5.92 Å². The molecule has 0 spiro atoms.